The van der Waals surface area contributed by atoms with Gasteiger partial charge in [0.2, 0.25) is 0 Å². The molecule has 0 saturated carbocycles. The fourth-order valence-corrected chi connectivity index (χ4v) is 4.36. The summed E-state index contributed by atoms with van der Waals surface area (Å²) in [6.07, 6.45) is 2.14. The average Bonchev–Trinajstić information content (AvgIpc) is 3.24. The summed E-state index contributed by atoms with van der Waals surface area (Å²) in [6.45, 7) is 2.11. The van der Waals surface area contributed by atoms with Gasteiger partial charge in [-0.3, -0.25) is 0 Å². The first-order valence-electron chi connectivity index (χ1n) is 10.0. The first-order valence-corrected chi connectivity index (χ1v) is 12.7. The normalized spacial score (nSPS) is 11.5. The van der Waals surface area contributed by atoms with Gasteiger partial charge in [-0.15, -0.1) is 5.10 Å². The Morgan fingerprint density at radius 3 is 2.28 bits per heavy atom. The van der Waals surface area contributed by atoms with Gasteiger partial charge in [-0.25, -0.2) is 18.1 Å². The predicted molar refractivity (Wildman–Crippen MR) is 129 cm³/mol. The van der Waals surface area contributed by atoms with Crippen molar-refractivity contribution in [2.24, 2.45) is 0 Å². The van der Waals surface area contributed by atoms with Crippen molar-refractivity contribution in [3.8, 4) is 34.2 Å². The third-order valence-electron chi connectivity index (χ3n) is 5.14. The summed E-state index contributed by atoms with van der Waals surface area (Å²) in [5, 5.41) is 4.76. The maximum absolute atomic E-state index is 11.9. The number of rotatable bonds is 6. The van der Waals surface area contributed by atoms with Gasteiger partial charge >= 0.3 is 0 Å². The summed E-state index contributed by atoms with van der Waals surface area (Å²) >= 11 is 3.52. The molecule has 4 rings (SSSR count). The minimum atomic E-state index is -3.30. The van der Waals surface area contributed by atoms with Crippen LogP contribution in [0.5, 0.6) is 5.75 Å². The molecule has 0 N–H and O–H groups in total. The maximum atomic E-state index is 11.9. The van der Waals surface area contributed by atoms with Gasteiger partial charge in [0.15, 0.2) is 21.5 Å². The van der Waals surface area contributed by atoms with E-state index in [0.29, 0.717) is 23.1 Å². The molecule has 3 aromatic carbocycles. The van der Waals surface area contributed by atoms with Crippen LogP contribution in [0.4, 0.5) is 0 Å². The molecule has 4 aromatic rings. The molecule has 0 aliphatic heterocycles. The van der Waals surface area contributed by atoms with Gasteiger partial charge in [-0.1, -0.05) is 47.1 Å². The van der Waals surface area contributed by atoms with Crippen molar-refractivity contribution in [1.82, 2.24) is 14.8 Å². The van der Waals surface area contributed by atoms with E-state index in [2.05, 4.69) is 35.0 Å². The lowest BCUT2D eigenvalue weighted by molar-refractivity contribution is 0.416. The predicted octanol–water partition coefficient (Wildman–Crippen LogP) is 5.34. The Kier molecular flexibility index (Phi) is 6.17. The number of aryl methyl sites for hydroxylation is 1. The molecule has 164 valence electrons. The summed E-state index contributed by atoms with van der Waals surface area (Å²) in [5.74, 6) is 1.81. The van der Waals surface area contributed by atoms with Crippen LogP contribution >= 0.6 is 15.9 Å². The van der Waals surface area contributed by atoms with Gasteiger partial charge in [0.1, 0.15) is 5.75 Å². The quantitative estimate of drug-likeness (QED) is 0.349. The van der Waals surface area contributed by atoms with E-state index < -0.39 is 9.84 Å². The first kappa shape index (κ1) is 22.2. The number of aromatic nitrogens is 3. The summed E-state index contributed by atoms with van der Waals surface area (Å²) in [7, 11) is -1.69. The van der Waals surface area contributed by atoms with Gasteiger partial charge in [-0.2, -0.15) is 0 Å². The van der Waals surface area contributed by atoms with Crippen LogP contribution in [0.1, 0.15) is 12.5 Å². The fraction of sp³-hybridized carbons (Fsp3) is 0.167. The third kappa shape index (κ3) is 4.47. The molecule has 32 heavy (non-hydrogen) atoms. The maximum Gasteiger partial charge on any atom is 0.182 e. The van der Waals surface area contributed by atoms with Crippen LogP contribution in [0, 0.1) is 0 Å². The lowest BCUT2D eigenvalue weighted by Crippen LogP contribution is -2.02. The number of hydrogen-bond acceptors (Lipinski definition) is 5. The van der Waals surface area contributed by atoms with Gasteiger partial charge in [-0.05, 0) is 54.4 Å². The third-order valence-corrected chi connectivity index (χ3v) is 6.76. The number of benzene rings is 3. The van der Waals surface area contributed by atoms with Crippen molar-refractivity contribution in [3.63, 3.8) is 0 Å². The van der Waals surface area contributed by atoms with Gasteiger partial charge in [0.05, 0.1) is 23.3 Å². The van der Waals surface area contributed by atoms with Crippen molar-refractivity contribution in [1.29, 1.82) is 0 Å². The molecule has 6 nitrogen and oxygen atoms in total. The van der Waals surface area contributed by atoms with Crippen molar-refractivity contribution in [3.05, 3.63) is 76.8 Å². The zero-order valence-electron chi connectivity index (χ0n) is 17.9. The van der Waals surface area contributed by atoms with Crippen molar-refractivity contribution in [2.45, 2.75) is 18.2 Å². The molecule has 0 radical (unpaired) electrons. The van der Waals surface area contributed by atoms with Gasteiger partial charge < -0.3 is 4.74 Å². The Morgan fingerprint density at radius 1 is 1.00 bits per heavy atom. The molecular formula is C24H22BrN3O3S. The number of halogens is 1. The number of sulfone groups is 1. The molecule has 0 atom stereocenters. The van der Waals surface area contributed by atoms with Crippen LogP contribution in [0.2, 0.25) is 0 Å². The fourth-order valence-electron chi connectivity index (χ4n) is 3.37. The molecule has 0 unspecified atom stereocenters. The summed E-state index contributed by atoms with van der Waals surface area (Å²) in [6, 6.07) is 20.4. The molecular weight excluding hydrogens is 490 g/mol. The molecule has 0 amide bonds. The average molecular weight is 512 g/mol. The van der Waals surface area contributed by atoms with E-state index in [4.69, 9.17) is 14.8 Å². The van der Waals surface area contributed by atoms with E-state index in [9.17, 15) is 8.42 Å². The molecule has 1 heterocycles. The highest BCUT2D eigenvalue weighted by atomic mass is 79.9. The molecule has 0 aliphatic rings. The minimum Gasteiger partial charge on any atom is -0.496 e. The van der Waals surface area contributed by atoms with E-state index in [-0.39, 0.29) is 4.90 Å². The summed E-state index contributed by atoms with van der Waals surface area (Å²) < 4.78 is 31.9. The van der Waals surface area contributed by atoms with Crippen LogP contribution in [-0.4, -0.2) is 36.5 Å². The standard InChI is InChI=1S/C24H22BrN3O3S/c1-4-16-5-7-17(8-6-16)23-26-24(21-15-18(25)9-14-22(21)31-2)28(27-23)19-10-12-20(13-11-19)32(3,29)30/h5-15H,4H2,1-3H3. The first-order chi connectivity index (χ1) is 15.3. The number of hydrogen-bond donors (Lipinski definition) is 0. The number of ether oxygens (including phenoxy) is 1. The Labute approximate surface area is 195 Å². The lowest BCUT2D eigenvalue weighted by Gasteiger charge is -2.10. The molecule has 0 aliphatic carbocycles. The SMILES string of the molecule is CCc1ccc(-c2nc(-c3cc(Br)ccc3OC)n(-c3ccc(S(C)(=O)=O)cc3)n2)cc1. The summed E-state index contributed by atoms with van der Waals surface area (Å²) in [5.41, 5.74) is 3.58. The van der Waals surface area contributed by atoms with Crippen molar-refractivity contribution < 1.29 is 13.2 Å². The molecule has 8 heteroatoms. The summed E-state index contributed by atoms with van der Waals surface area (Å²) in [4.78, 5) is 5.08. The monoisotopic (exact) mass is 511 g/mol. The number of methoxy groups -OCH3 is 1. The second kappa shape index (κ2) is 8.88. The van der Waals surface area contributed by atoms with Gasteiger partial charge in [0, 0.05) is 16.3 Å². The highest BCUT2D eigenvalue weighted by Gasteiger charge is 2.19. The van der Waals surface area contributed by atoms with Crippen LogP contribution in [0.15, 0.2) is 76.1 Å². The topological polar surface area (TPSA) is 74.1 Å². The van der Waals surface area contributed by atoms with E-state index in [0.717, 1.165) is 22.0 Å². The zero-order valence-corrected chi connectivity index (χ0v) is 20.3. The van der Waals surface area contributed by atoms with Gasteiger partial charge in [0.25, 0.3) is 0 Å². The second-order valence-electron chi connectivity index (χ2n) is 7.33. The van der Waals surface area contributed by atoms with Crippen LogP contribution in [0.25, 0.3) is 28.5 Å². The molecule has 0 saturated heterocycles. The highest BCUT2D eigenvalue weighted by molar-refractivity contribution is 9.10. The molecule has 0 bridgehead atoms. The number of nitrogens with zero attached hydrogens (tertiary/aromatic N) is 3. The largest absolute Gasteiger partial charge is 0.496 e. The Hall–Kier alpha value is -2.97. The molecule has 1 aromatic heterocycles. The van der Waals surface area contributed by atoms with Crippen molar-refractivity contribution >= 4 is 25.8 Å². The van der Waals surface area contributed by atoms with E-state index in [1.165, 1.54) is 11.8 Å². The highest BCUT2D eigenvalue weighted by Crippen LogP contribution is 2.34. The van der Waals surface area contributed by atoms with Crippen LogP contribution in [0.3, 0.4) is 0 Å². The molecule has 0 spiro atoms. The minimum absolute atomic E-state index is 0.248. The smallest absolute Gasteiger partial charge is 0.182 e. The Bertz CT molecular complexity index is 1360. The molecule has 0 fully saturated rings. The van der Waals surface area contributed by atoms with Crippen LogP contribution in [-0.2, 0) is 16.3 Å². The van der Waals surface area contributed by atoms with E-state index in [1.807, 2.05) is 30.3 Å². The zero-order chi connectivity index (χ0) is 22.9. The Balaban J connectivity index is 1.91. The lowest BCUT2D eigenvalue weighted by atomic mass is 10.1. The second-order valence-corrected chi connectivity index (χ2v) is 10.3. The Morgan fingerprint density at radius 2 is 1.69 bits per heavy atom. The van der Waals surface area contributed by atoms with Crippen LogP contribution < -0.4 is 4.74 Å². The van der Waals surface area contributed by atoms with E-state index in [1.54, 1.807) is 36.1 Å². The van der Waals surface area contributed by atoms with E-state index >= 15 is 0 Å². The van der Waals surface area contributed by atoms with Crippen molar-refractivity contribution in [2.75, 3.05) is 13.4 Å².